The molecule has 3 fully saturated rings. The molecule has 23 heavy (non-hydrogen) atoms. The zero-order valence-electron chi connectivity index (χ0n) is 15.2. The molecule has 1 saturated carbocycles. The van der Waals surface area contributed by atoms with Gasteiger partial charge in [0.2, 0.25) is 5.91 Å². The Balaban J connectivity index is 1.51. The lowest BCUT2D eigenvalue weighted by Gasteiger charge is -2.45. The Morgan fingerprint density at radius 3 is 2.43 bits per heavy atom. The van der Waals surface area contributed by atoms with Crippen LogP contribution in [0, 0.1) is 5.92 Å². The number of nitrogens with zero attached hydrogens (tertiary/aromatic N) is 3. The van der Waals surface area contributed by atoms with Crippen LogP contribution in [0.2, 0.25) is 0 Å². The summed E-state index contributed by atoms with van der Waals surface area (Å²) in [6.07, 6.45) is 9.72. The van der Waals surface area contributed by atoms with Crippen LogP contribution in [0.5, 0.6) is 0 Å². The molecular formula is C19H35N3O. The number of hydrogen-bond acceptors (Lipinski definition) is 3. The number of rotatable bonds is 5. The van der Waals surface area contributed by atoms with Crippen LogP contribution in [0.1, 0.15) is 58.3 Å². The summed E-state index contributed by atoms with van der Waals surface area (Å²) in [4.78, 5) is 19.9. The highest BCUT2D eigenvalue weighted by molar-refractivity contribution is 5.76. The Kier molecular flexibility index (Phi) is 5.63. The zero-order chi connectivity index (χ0) is 16.3. The minimum atomic E-state index is 0.254. The average molecular weight is 322 g/mol. The molecule has 0 spiro atoms. The van der Waals surface area contributed by atoms with Crippen LogP contribution in [-0.2, 0) is 4.79 Å². The van der Waals surface area contributed by atoms with Crippen LogP contribution in [-0.4, -0.2) is 72.5 Å². The van der Waals surface area contributed by atoms with Gasteiger partial charge in [-0.15, -0.1) is 0 Å². The van der Waals surface area contributed by atoms with Crippen molar-refractivity contribution in [2.24, 2.45) is 5.92 Å². The van der Waals surface area contributed by atoms with Crippen LogP contribution >= 0.6 is 0 Å². The second-order valence-corrected chi connectivity index (χ2v) is 8.12. The van der Waals surface area contributed by atoms with Crippen molar-refractivity contribution < 1.29 is 4.79 Å². The smallest absolute Gasteiger partial charge is 0.222 e. The van der Waals surface area contributed by atoms with Gasteiger partial charge in [-0.05, 0) is 32.2 Å². The lowest BCUT2D eigenvalue weighted by atomic mass is 9.92. The van der Waals surface area contributed by atoms with Gasteiger partial charge in [0.25, 0.3) is 0 Å². The van der Waals surface area contributed by atoms with Crippen molar-refractivity contribution >= 4 is 5.91 Å². The van der Waals surface area contributed by atoms with E-state index in [-0.39, 0.29) is 5.54 Å². The van der Waals surface area contributed by atoms with E-state index in [4.69, 9.17) is 0 Å². The fourth-order valence-electron chi connectivity index (χ4n) is 4.91. The molecule has 3 aliphatic rings. The van der Waals surface area contributed by atoms with Gasteiger partial charge in [-0.2, -0.15) is 0 Å². The zero-order valence-corrected chi connectivity index (χ0v) is 15.2. The largest absolute Gasteiger partial charge is 0.341 e. The van der Waals surface area contributed by atoms with Crippen molar-refractivity contribution in [3.63, 3.8) is 0 Å². The van der Waals surface area contributed by atoms with Gasteiger partial charge in [0.1, 0.15) is 0 Å². The van der Waals surface area contributed by atoms with Gasteiger partial charge >= 0.3 is 0 Å². The van der Waals surface area contributed by atoms with Crippen molar-refractivity contribution in [3.8, 4) is 0 Å². The SMILES string of the molecule is CCC1(N2CCN(C)CC2)CCN(C(=O)CCC2CCCC2)C1. The minimum Gasteiger partial charge on any atom is -0.341 e. The fourth-order valence-corrected chi connectivity index (χ4v) is 4.91. The fraction of sp³-hybridized carbons (Fsp3) is 0.947. The van der Waals surface area contributed by atoms with Gasteiger partial charge in [0.05, 0.1) is 0 Å². The number of piperazine rings is 1. The van der Waals surface area contributed by atoms with E-state index in [1.807, 2.05) is 0 Å². The summed E-state index contributed by atoms with van der Waals surface area (Å²) >= 11 is 0. The topological polar surface area (TPSA) is 26.8 Å². The molecule has 2 aliphatic heterocycles. The maximum absolute atomic E-state index is 12.6. The van der Waals surface area contributed by atoms with Gasteiger partial charge in [-0.3, -0.25) is 9.69 Å². The first kappa shape index (κ1) is 17.2. The molecular weight excluding hydrogens is 286 g/mol. The van der Waals surface area contributed by atoms with Gasteiger partial charge in [0.15, 0.2) is 0 Å². The summed E-state index contributed by atoms with van der Waals surface area (Å²) in [6, 6.07) is 0. The maximum atomic E-state index is 12.6. The molecule has 2 heterocycles. The molecule has 3 rings (SSSR count). The highest BCUT2D eigenvalue weighted by Gasteiger charge is 2.43. The summed E-state index contributed by atoms with van der Waals surface area (Å²) < 4.78 is 0. The molecule has 4 nitrogen and oxygen atoms in total. The van der Waals surface area contributed by atoms with Crippen molar-refractivity contribution in [3.05, 3.63) is 0 Å². The van der Waals surface area contributed by atoms with Gasteiger partial charge in [-0.1, -0.05) is 32.6 Å². The molecule has 2 saturated heterocycles. The Labute approximate surface area is 142 Å². The summed E-state index contributed by atoms with van der Waals surface area (Å²) in [5, 5.41) is 0. The first-order chi connectivity index (χ1) is 11.1. The van der Waals surface area contributed by atoms with Crippen molar-refractivity contribution in [1.82, 2.24) is 14.7 Å². The third-order valence-corrected chi connectivity index (χ3v) is 6.76. The molecule has 4 heteroatoms. The molecule has 1 unspecified atom stereocenters. The third kappa shape index (κ3) is 3.90. The van der Waals surface area contributed by atoms with E-state index in [0.29, 0.717) is 5.91 Å². The Hall–Kier alpha value is -0.610. The van der Waals surface area contributed by atoms with Gasteiger partial charge in [-0.25, -0.2) is 0 Å². The lowest BCUT2D eigenvalue weighted by Crippen LogP contribution is -2.57. The monoisotopic (exact) mass is 321 g/mol. The van der Waals surface area contributed by atoms with Crippen molar-refractivity contribution in [2.45, 2.75) is 63.8 Å². The second kappa shape index (κ2) is 7.52. The highest BCUT2D eigenvalue weighted by atomic mass is 16.2. The molecule has 1 aliphatic carbocycles. The summed E-state index contributed by atoms with van der Waals surface area (Å²) in [7, 11) is 2.21. The number of carbonyl (C=O) groups excluding carboxylic acids is 1. The minimum absolute atomic E-state index is 0.254. The van der Waals surface area contributed by atoms with Gasteiger partial charge < -0.3 is 9.80 Å². The second-order valence-electron chi connectivity index (χ2n) is 8.12. The van der Waals surface area contributed by atoms with E-state index in [1.165, 1.54) is 38.5 Å². The third-order valence-electron chi connectivity index (χ3n) is 6.76. The van der Waals surface area contributed by atoms with E-state index < -0.39 is 0 Å². The maximum Gasteiger partial charge on any atom is 0.222 e. The number of likely N-dealkylation sites (tertiary alicyclic amines) is 1. The number of carbonyl (C=O) groups is 1. The molecule has 1 amide bonds. The average Bonchev–Trinajstić information content (AvgIpc) is 3.23. The Morgan fingerprint density at radius 2 is 1.78 bits per heavy atom. The van der Waals surface area contributed by atoms with E-state index in [0.717, 1.165) is 58.0 Å². The van der Waals surface area contributed by atoms with Crippen LogP contribution in [0.15, 0.2) is 0 Å². The molecule has 0 radical (unpaired) electrons. The normalized spacial score (nSPS) is 31.1. The van der Waals surface area contributed by atoms with Crippen molar-refractivity contribution in [2.75, 3.05) is 46.3 Å². The van der Waals surface area contributed by atoms with Crippen LogP contribution in [0.3, 0.4) is 0 Å². The molecule has 0 aromatic heterocycles. The first-order valence-electron chi connectivity index (χ1n) is 9.84. The predicted octanol–water partition coefficient (Wildman–Crippen LogP) is 2.59. The summed E-state index contributed by atoms with van der Waals surface area (Å²) in [6.45, 7) is 8.91. The van der Waals surface area contributed by atoms with Crippen LogP contribution in [0.25, 0.3) is 0 Å². The summed E-state index contributed by atoms with van der Waals surface area (Å²) in [5.41, 5.74) is 0.254. The summed E-state index contributed by atoms with van der Waals surface area (Å²) in [5.74, 6) is 1.25. The lowest BCUT2D eigenvalue weighted by molar-refractivity contribution is -0.131. The van der Waals surface area contributed by atoms with E-state index >= 15 is 0 Å². The van der Waals surface area contributed by atoms with Crippen molar-refractivity contribution in [1.29, 1.82) is 0 Å². The standard InChI is InChI=1S/C19H35N3O/c1-3-19(22-14-12-20(2)13-15-22)10-11-21(16-19)18(23)9-8-17-6-4-5-7-17/h17H,3-16H2,1-2H3. The van der Waals surface area contributed by atoms with Crippen LogP contribution < -0.4 is 0 Å². The Bertz CT molecular complexity index is 399. The molecule has 0 aromatic carbocycles. The molecule has 0 aromatic rings. The van der Waals surface area contributed by atoms with E-state index in [2.05, 4.69) is 28.7 Å². The Morgan fingerprint density at radius 1 is 1.09 bits per heavy atom. The number of hydrogen-bond donors (Lipinski definition) is 0. The first-order valence-corrected chi connectivity index (χ1v) is 9.84. The van der Waals surface area contributed by atoms with Gasteiger partial charge in [0, 0.05) is 51.2 Å². The quantitative estimate of drug-likeness (QED) is 0.779. The highest BCUT2D eigenvalue weighted by Crippen LogP contribution is 2.33. The van der Waals surface area contributed by atoms with Crippen LogP contribution in [0.4, 0.5) is 0 Å². The number of likely N-dealkylation sites (N-methyl/N-ethyl adjacent to an activating group) is 1. The molecule has 0 N–H and O–H groups in total. The number of amides is 1. The van der Waals surface area contributed by atoms with E-state index in [1.54, 1.807) is 0 Å². The predicted molar refractivity (Wildman–Crippen MR) is 94.5 cm³/mol. The van der Waals surface area contributed by atoms with E-state index in [9.17, 15) is 4.79 Å². The molecule has 1 atom stereocenters. The molecule has 132 valence electrons. The molecule has 0 bridgehead atoms.